The highest BCUT2D eigenvalue weighted by atomic mass is 35.5. The third-order valence-corrected chi connectivity index (χ3v) is 7.61. The fraction of sp³-hybridized carbons (Fsp3) is 0.200. The molecule has 1 saturated carbocycles. The lowest BCUT2D eigenvalue weighted by Crippen LogP contribution is -2.26. The van der Waals surface area contributed by atoms with Crippen LogP contribution >= 0.6 is 23.2 Å². The number of aryl methyl sites for hydroxylation is 1. The Morgan fingerprint density at radius 3 is 2.73 bits per heavy atom. The van der Waals surface area contributed by atoms with Gasteiger partial charge >= 0.3 is 0 Å². The third kappa shape index (κ3) is 3.51. The number of hydrogen-bond acceptors (Lipinski definition) is 6. The summed E-state index contributed by atoms with van der Waals surface area (Å²) < 4.78 is 17.8. The normalized spacial score (nSPS) is 19.6. The Labute approximate surface area is 218 Å². The van der Waals surface area contributed by atoms with Crippen molar-refractivity contribution in [2.45, 2.75) is 25.3 Å². The van der Waals surface area contributed by atoms with Crippen LogP contribution in [0.4, 0.5) is 4.39 Å². The predicted molar refractivity (Wildman–Crippen MR) is 134 cm³/mol. The molecule has 184 valence electrons. The molecule has 2 aliphatic rings. The van der Waals surface area contributed by atoms with Crippen LogP contribution in [0.3, 0.4) is 0 Å². The van der Waals surface area contributed by atoms with Gasteiger partial charge in [-0.15, -0.1) is 5.10 Å². The molecule has 1 aromatic carbocycles. The van der Waals surface area contributed by atoms with Crippen molar-refractivity contribution in [3.05, 3.63) is 92.4 Å². The molecule has 7 rings (SSSR count). The molecule has 5 aromatic rings. The molecule has 4 aromatic heterocycles. The maximum Gasteiger partial charge on any atom is 0.251 e. The van der Waals surface area contributed by atoms with Gasteiger partial charge in [0.15, 0.2) is 5.15 Å². The number of benzene rings is 1. The van der Waals surface area contributed by atoms with Gasteiger partial charge < -0.3 is 9.55 Å². The van der Waals surface area contributed by atoms with Gasteiger partial charge in [-0.3, -0.25) is 4.79 Å². The maximum absolute atomic E-state index is 14.5. The van der Waals surface area contributed by atoms with Crippen molar-refractivity contribution in [2.75, 3.05) is 0 Å². The predicted octanol–water partition coefficient (Wildman–Crippen LogP) is 4.74. The molecular weight excluding hydrogens is 518 g/mol. The van der Waals surface area contributed by atoms with Crippen LogP contribution in [-0.2, 0) is 0 Å². The first-order valence-corrected chi connectivity index (χ1v) is 12.3. The Balaban J connectivity index is 1.33. The Morgan fingerprint density at radius 2 is 1.95 bits per heavy atom. The first-order chi connectivity index (χ1) is 17.9. The topological polar surface area (TPSA) is 107 Å². The maximum atomic E-state index is 14.5. The van der Waals surface area contributed by atoms with E-state index >= 15 is 0 Å². The number of aromatic nitrogens is 8. The summed E-state index contributed by atoms with van der Waals surface area (Å²) in [5.74, 6) is 0.0436. The summed E-state index contributed by atoms with van der Waals surface area (Å²) >= 11 is 12.9. The number of tetrazole rings is 1. The highest BCUT2D eigenvalue weighted by Crippen LogP contribution is 2.61. The first kappa shape index (κ1) is 22.3. The summed E-state index contributed by atoms with van der Waals surface area (Å²) in [6, 6.07) is 12.0. The number of pyridine rings is 2. The van der Waals surface area contributed by atoms with Crippen molar-refractivity contribution in [3.8, 4) is 28.2 Å². The number of hydrogen-bond donors (Lipinski definition) is 1. The van der Waals surface area contributed by atoms with E-state index in [1.165, 1.54) is 11.0 Å². The number of H-pyrrole nitrogens is 1. The average Bonchev–Trinajstić information content (AvgIpc) is 3.16. The zero-order valence-corrected chi connectivity index (χ0v) is 20.7. The van der Waals surface area contributed by atoms with Crippen LogP contribution in [0.25, 0.3) is 28.2 Å². The fourth-order valence-corrected chi connectivity index (χ4v) is 5.79. The third-order valence-electron chi connectivity index (χ3n) is 7.09. The van der Waals surface area contributed by atoms with Gasteiger partial charge in [0.2, 0.25) is 5.95 Å². The Bertz CT molecular complexity index is 1760. The summed E-state index contributed by atoms with van der Waals surface area (Å²) in [4.78, 5) is 25.0. The van der Waals surface area contributed by atoms with Crippen LogP contribution in [0.1, 0.15) is 35.5 Å². The lowest BCUT2D eigenvalue weighted by molar-refractivity contribution is 0.528. The molecule has 0 bridgehead atoms. The number of rotatable bonds is 4. The number of nitrogens with one attached hydrogen (secondary N) is 1. The average molecular weight is 535 g/mol. The molecule has 1 fully saturated rings. The zero-order chi connectivity index (χ0) is 25.4. The lowest BCUT2D eigenvalue weighted by atomic mass is 10.0. The van der Waals surface area contributed by atoms with E-state index in [0.29, 0.717) is 22.1 Å². The van der Waals surface area contributed by atoms with Crippen LogP contribution in [0.5, 0.6) is 0 Å². The van der Waals surface area contributed by atoms with E-state index in [1.807, 2.05) is 12.1 Å². The van der Waals surface area contributed by atoms with E-state index in [4.69, 9.17) is 23.2 Å². The minimum Gasteiger partial charge on any atom is -0.339 e. The molecule has 3 atom stereocenters. The number of imidazole rings is 1. The van der Waals surface area contributed by atoms with Crippen LogP contribution in [0.15, 0.2) is 53.6 Å². The van der Waals surface area contributed by atoms with Gasteiger partial charge in [0.1, 0.15) is 12.2 Å². The molecule has 1 N–H and O–H groups in total. The summed E-state index contributed by atoms with van der Waals surface area (Å²) in [5, 5.41) is 12.2. The van der Waals surface area contributed by atoms with Crippen molar-refractivity contribution in [1.82, 2.24) is 39.7 Å². The van der Waals surface area contributed by atoms with Crippen LogP contribution in [0.2, 0.25) is 10.2 Å². The Morgan fingerprint density at radius 1 is 1.08 bits per heavy atom. The van der Waals surface area contributed by atoms with Gasteiger partial charge in [-0.25, -0.2) is 9.97 Å². The number of nitrogens with zero attached hydrogens (tertiary/aromatic N) is 7. The number of fused-ring (bicyclic) bond motifs is 3. The number of halogens is 3. The molecule has 5 heterocycles. The van der Waals surface area contributed by atoms with Crippen molar-refractivity contribution < 1.29 is 4.39 Å². The summed E-state index contributed by atoms with van der Waals surface area (Å²) in [6.45, 7) is 1.71. The minimum absolute atomic E-state index is 0.178. The second-order valence-corrected chi connectivity index (χ2v) is 10.1. The van der Waals surface area contributed by atoms with Crippen molar-refractivity contribution in [3.63, 3.8) is 0 Å². The molecule has 0 saturated heterocycles. The van der Waals surface area contributed by atoms with Gasteiger partial charge in [0.05, 0.1) is 23.0 Å². The Hall–Kier alpha value is -3.89. The fourth-order valence-electron chi connectivity index (χ4n) is 5.38. The SMILES string of the molecule is Cc1ccc(-c2nc(Cl)c(C3C4CC4c4cc(-c5cc(Cl)ccc5-n5cnnn5)cc(=O)n43)[nH]2)c(F)n1. The smallest absolute Gasteiger partial charge is 0.251 e. The molecule has 9 nitrogen and oxygen atoms in total. The van der Waals surface area contributed by atoms with Crippen molar-refractivity contribution in [2.24, 2.45) is 5.92 Å². The van der Waals surface area contributed by atoms with E-state index in [-0.39, 0.29) is 40.0 Å². The van der Waals surface area contributed by atoms with Crippen molar-refractivity contribution >= 4 is 23.2 Å². The minimum atomic E-state index is -0.630. The molecule has 1 aliphatic heterocycles. The summed E-state index contributed by atoms with van der Waals surface area (Å²) in [7, 11) is 0. The van der Waals surface area contributed by atoms with E-state index in [2.05, 4.69) is 30.5 Å². The Kier molecular flexibility index (Phi) is 4.86. The van der Waals surface area contributed by atoms with E-state index < -0.39 is 5.95 Å². The van der Waals surface area contributed by atoms with Crippen LogP contribution < -0.4 is 5.56 Å². The monoisotopic (exact) mass is 534 g/mol. The molecule has 12 heteroatoms. The molecule has 0 amide bonds. The van der Waals surface area contributed by atoms with Gasteiger partial charge in [0, 0.05) is 34.0 Å². The van der Waals surface area contributed by atoms with E-state index in [1.54, 1.807) is 41.8 Å². The molecule has 0 radical (unpaired) electrons. The number of aromatic amines is 1. The molecule has 3 unspecified atom stereocenters. The molecule has 1 aliphatic carbocycles. The molecule has 37 heavy (non-hydrogen) atoms. The zero-order valence-electron chi connectivity index (χ0n) is 19.2. The lowest BCUT2D eigenvalue weighted by Gasteiger charge is -2.18. The quantitative estimate of drug-likeness (QED) is 0.334. The second-order valence-electron chi connectivity index (χ2n) is 9.32. The largest absolute Gasteiger partial charge is 0.339 e. The first-order valence-electron chi connectivity index (χ1n) is 11.6. The summed E-state index contributed by atoms with van der Waals surface area (Å²) in [5.41, 5.74) is 4.28. The highest BCUT2D eigenvalue weighted by Gasteiger charge is 2.54. The van der Waals surface area contributed by atoms with Gasteiger partial charge in [0.25, 0.3) is 5.56 Å². The van der Waals surface area contributed by atoms with Gasteiger partial charge in [-0.1, -0.05) is 23.2 Å². The standard InChI is InChI=1S/C25H17Cl2FN8O/c1-11-2-4-14(24(28)30-11)25-31-21(23(27)32-25)22-17-9-16(17)19-6-12(7-20(37)36(19)22)15-8-13(26)3-5-18(15)35-10-29-33-34-35/h2-8,10,16-17,22H,9H2,1H3,(H,31,32). The highest BCUT2D eigenvalue weighted by molar-refractivity contribution is 6.31. The van der Waals surface area contributed by atoms with Crippen LogP contribution in [-0.4, -0.2) is 39.7 Å². The van der Waals surface area contributed by atoms with E-state index in [0.717, 1.165) is 23.2 Å². The van der Waals surface area contributed by atoms with Crippen molar-refractivity contribution in [1.29, 1.82) is 0 Å². The van der Waals surface area contributed by atoms with Gasteiger partial charge in [-0.2, -0.15) is 9.07 Å². The van der Waals surface area contributed by atoms with Gasteiger partial charge in [-0.05, 0) is 71.7 Å². The second kappa shape index (κ2) is 8.06. The molecule has 0 spiro atoms. The van der Waals surface area contributed by atoms with Crippen LogP contribution in [0, 0.1) is 18.8 Å². The molecular formula is C25H17Cl2FN8O. The summed E-state index contributed by atoms with van der Waals surface area (Å²) in [6.07, 6.45) is 2.40. The van der Waals surface area contributed by atoms with E-state index in [9.17, 15) is 9.18 Å².